The van der Waals surface area contributed by atoms with E-state index in [4.69, 9.17) is 4.74 Å². The number of para-hydroxylation sites is 1. The molecule has 1 aromatic heterocycles. The van der Waals surface area contributed by atoms with Crippen LogP contribution in [0, 0.1) is 11.6 Å². The number of nitrogens with one attached hydrogen (secondary N) is 2. The van der Waals surface area contributed by atoms with Crippen LogP contribution in [0.5, 0.6) is 0 Å². The summed E-state index contributed by atoms with van der Waals surface area (Å²) in [5, 5.41) is 4.74. The van der Waals surface area contributed by atoms with E-state index < -0.39 is 29.3 Å². The van der Waals surface area contributed by atoms with Gasteiger partial charge in [-0.3, -0.25) is 5.32 Å². The lowest BCUT2D eigenvalue weighted by molar-refractivity contribution is 0.0526. The molecule has 0 aliphatic carbocycles. The van der Waals surface area contributed by atoms with Crippen molar-refractivity contribution >= 4 is 44.4 Å². The molecule has 1 heterocycles. The van der Waals surface area contributed by atoms with Crippen molar-refractivity contribution in [2.24, 2.45) is 0 Å². The van der Waals surface area contributed by atoms with Crippen LogP contribution in [0.4, 0.5) is 24.4 Å². The summed E-state index contributed by atoms with van der Waals surface area (Å²) in [5.74, 6) is -2.22. The summed E-state index contributed by atoms with van der Waals surface area (Å²) in [6.07, 6.45) is 0. The van der Waals surface area contributed by atoms with Crippen LogP contribution in [0.3, 0.4) is 0 Å². The number of rotatable bonds is 4. The topological polar surface area (TPSA) is 80.3 Å². The minimum atomic E-state index is -0.886. The minimum absolute atomic E-state index is 0.218. The van der Waals surface area contributed by atoms with Crippen LogP contribution in [0.2, 0.25) is 0 Å². The van der Waals surface area contributed by atoms with Gasteiger partial charge in [0.2, 0.25) is 0 Å². The molecular weight excluding hydrogens is 364 g/mol. The normalized spacial score (nSPS) is 10.6. The van der Waals surface area contributed by atoms with Crippen LogP contribution in [-0.2, 0) is 4.74 Å². The van der Waals surface area contributed by atoms with Gasteiger partial charge in [-0.2, -0.15) is 0 Å². The highest BCUT2D eigenvalue weighted by Crippen LogP contribution is 2.27. The van der Waals surface area contributed by atoms with Crippen molar-refractivity contribution in [3.8, 4) is 0 Å². The Morgan fingerprint density at radius 3 is 2.58 bits per heavy atom. The third kappa shape index (κ3) is 3.77. The van der Waals surface area contributed by atoms with Gasteiger partial charge in [0.15, 0.2) is 5.13 Å². The predicted molar refractivity (Wildman–Crippen MR) is 94.6 cm³/mol. The van der Waals surface area contributed by atoms with Gasteiger partial charge in [-0.1, -0.05) is 17.4 Å². The van der Waals surface area contributed by atoms with E-state index in [9.17, 15) is 18.4 Å². The molecule has 0 aliphatic rings. The van der Waals surface area contributed by atoms with Crippen LogP contribution < -0.4 is 10.6 Å². The Labute approximate surface area is 150 Å². The van der Waals surface area contributed by atoms with E-state index in [0.29, 0.717) is 15.8 Å². The maximum atomic E-state index is 13.6. The molecule has 0 saturated heterocycles. The number of thiazole rings is 1. The summed E-state index contributed by atoms with van der Waals surface area (Å²) in [5.41, 5.74) is 0.388. The van der Waals surface area contributed by atoms with Gasteiger partial charge in [-0.05, 0) is 37.3 Å². The van der Waals surface area contributed by atoms with E-state index in [2.05, 4.69) is 15.6 Å². The summed E-state index contributed by atoms with van der Waals surface area (Å²) >= 11 is 1.12. The summed E-state index contributed by atoms with van der Waals surface area (Å²) in [7, 11) is 0. The minimum Gasteiger partial charge on any atom is -0.462 e. The summed E-state index contributed by atoms with van der Waals surface area (Å²) in [4.78, 5) is 27.9. The molecule has 9 heteroatoms. The van der Waals surface area contributed by atoms with Crippen molar-refractivity contribution in [3.63, 3.8) is 0 Å². The average molecular weight is 377 g/mol. The number of anilines is 2. The lowest BCUT2D eigenvalue weighted by atomic mass is 10.2. The van der Waals surface area contributed by atoms with Crippen molar-refractivity contribution in [2.75, 3.05) is 17.2 Å². The third-order valence-corrected chi connectivity index (χ3v) is 4.25. The number of aromatic nitrogens is 1. The molecule has 0 fully saturated rings. The first kappa shape index (κ1) is 17.7. The molecule has 0 radical (unpaired) electrons. The molecular formula is C17H13F2N3O3S. The molecule has 0 bridgehead atoms. The Morgan fingerprint density at radius 1 is 1.15 bits per heavy atom. The maximum Gasteiger partial charge on any atom is 0.338 e. The van der Waals surface area contributed by atoms with Crippen molar-refractivity contribution in [1.82, 2.24) is 4.98 Å². The summed E-state index contributed by atoms with van der Waals surface area (Å²) in [6.45, 7) is 1.97. The van der Waals surface area contributed by atoms with Crippen LogP contribution in [0.1, 0.15) is 17.3 Å². The number of halogens is 2. The molecule has 2 amide bonds. The van der Waals surface area contributed by atoms with Crippen molar-refractivity contribution in [1.29, 1.82) is 0 Å². The molecule has 3 aromatic rings. The number of benzene rings is 2. The fourth-order valence-corrected chi connectivity index (χ4v) is 3.08. The number of fused-ring (bicyclic) bond motifs is 1. The Bertz CT molecular complexity index is 970. The van der Waals surface area contributed by atoms with Gasteiger partial charge in [-0.15, -0.1) is 0 Å². The Balaban J connectivity index is 1.76. The summed E-state index contributed by atoms with van der Waals surface area (Å²) in [6, 6.07) is 7.22. The van der Waals surface area contributed by atoms with Gasteiger partial charge in [0, 0.05) is 0 Å². The highest BCUT2D eigenvalue weighted by molar-refractivity contribution is 7.22. The molecule has 134 valence electrons. The maximum absolute atomic E-state index is 13.6. The number of hydrogen-bond donors (Lipinski definition) is 2. The number of nitrogens with zero attached hydrogens (tertiary/aromatic N) is 1. The molecule has 2 N–H and O–H groups in total. The number of amides is 2. The van der Waals surface area contributed by atoms with Gasteiger partial charge in [-0.25, -0.2) is 23.4 Å². The first-order valence-corrected chi connectivity index (χ1v) is 8.39. The van der Waals surface area contributed by atoms with Crippen molar-refractivity contribution in [2.45, 2.75) is 6.92 Å². The largest absolute Gasteiger partial charge is 0.462 e. The van der Waals surface area contributed by atoms with E-state index in [0.717, 1.165) is 23.5 Å². The average Bonchev–Trinajstić information content (AvgIpc) is 2.99. The van der Waals surface area contributed by atoms with Crippen LogP contribution in [0.15, 0.2) is 36.4 Å². The predicted octanol–water partition coefficient (Wildman–Crippen LogP) is 4.40. The van der Waals surface area contributed by atoms with Crippen molar-refractivity contribution in [3.05, 3.63) is 53.6 Å². The number of urea groups is 1. The van der Waals surface area contributed by atoms with E-state index in [-0.39, 0.29) is 11.7 Å². The molecule has 2 aromatic carbocycles. The van der Waals surface area contributed by atoms with Gasteiger partial charge in [0.25, 0.3) is 0 Å². The number of carbonyl (C=O) groups excluding carboxylic acids is 2. The van der Waals surface area contributed by atoms with Gasteiger partial charge >= 0.3 is 12.0 Å². The highest BCUT2D eigenvalue weighted by Gasteiger charge is 2.14. The smallest absolute Gasteiger partial charge is 0.338 e. The quantitative estimate of drug-likeness (QED) is 0.661. The molecule has 26 heavy (non-hydrogen) atoms. The second kappa shape index (κ2) is 7.44. The van der Waals surface area contributed by atoms with Gasteiger partial charge in [0.05, 0.1) is 22.4 Å². The van der Waals surface area contributed by atoms with Crippen LogP contribution in [-0.4, -0.2) is 23.6 Å². The first-order valence-electron chi connectivity index (χ1n) is 7.57. The summed E-state index contributed by atoms with van der Waals surface area (Å²) < 4.78 is 32.7. The number of ether oxygens (including phenoxy) is 1. The standard InChI is InChI=1S/C17H13F2N3O3S/c1-2-25-15(23)9-6-7-12-13(8-9)26-17(20-12)22-16(24)21-14-10(18)4-3-5-11(14)19/h3-8H,2H2,1H3,(H2,20,21,22,24). The van der Waals surface area contributed by atoms with E-state index >= 15 is 0 Å². The number of carbonyl (C=O) groups is 2. The van der Waals surface area contributed by atoms with Crippen LogP contribution in [0.25, 0.3) is 10.2 Å². The second-order valence-corrected chi connectivity index (χ2v) is 6.13. The molecule has 0 aliphatic heterocycles. The molecule has 0 unspecified atom stereocenters. The number of hydrogen-bond acceptors (Lipinski definition) is 5. The monoisotopic (exact) mass is 377 g/mol. The zero-order valence-corrected chi connectivity index (χ0v) is 14.3. The first-order chi connectivity index (χ1) is 12.5. The van der Waals surface area contributed by atoms with E-state index in [1.54, 1.807) is 25.1 Å². The van der Waals surface area contributed by atoms with E-state index in [1.165, 1.54) is 6.07 Å². The van der Waals surface area contributed by atoms with Crippen LogP contribution >= 0.6 is 11.3 Å². The molecule has 0 atom stereocenters. The Hall–Kier alpha value is -3.07. The fraction of sp³-hybridized carbons (Fsp3) is 0.118. The molecule has 3 rings (SSSR count). The fourth-order valence-electron chi connectivity index (χ4n) is 2.18. The second-order valence-electron chi connectivity index (χ2n) is 5.10. The van der Waals surface area contributed by atoms with Crippen molar-refractivity contribution < 1.29 is 23.1 Å². The third-order valence-electron chi connectivity index (χ3n) is 3.32. The zero-order chi connectivity index (χ0) is 18.7. The van der Waals surface area contributed by atoms with E-state index in [1.807, 2.05) is 0 Å². The Morgan fingerprint density at radius 2 is 1.88 bits per heavy atom. The molecule has 0 spiro atoms. The number of esters is 1. The highest BCUT2D eigenvalue weighted by atomic mass is 32.1. The molecule has 6 nitrogen and oxygen atoms in total. The zero-order valence-electron chi connectivity index (χ0n) is 13.5. The lowest BCUT2D eigenvalue weighted by Crippen LogP contribution is -2.20. The molecule has 0 saturated carbocycles. The lowest BCUT2D eigenvalue weighted by Gasteiger charge is -2.07. The Kier molecular flexibility index (Phi) is 5.08. The van der Waals surface area contributed by atoms with Gasteiger partial charge in [0.1, 0.15) is 17.3 Å². The van der Waals surface area contributed by atoms with Gasteiger partial charge < -0.3 is 10.1 Å². The SMILES string of the molecule is CCOC(=O)c1ccc2nc(NC(=O)Nc3c(F)cccc3F)sc2c1.